The van der Waals surface area contributed by atoms with E-state index in [9.17, 15) is 0 Å². The van der Waals surface area contributed by atoms with Gasteiger partial charge in [0.05, 0.1) is 32.5 Å². The molecule has 1 aliphatic heterocycles. The molecule has 38 heavy (non-hydrogen) atoms. The highest BCUT2D eigenvalue weighted by Gasteiger charge is 2.35. The molecule has 2 fully saturated rings. The zero-order valence-corrected chi connectivity index (χ0v) is 22.6. The molecule has 0 N–H and O–H groups in total. The van der Waals surface area contributed by atoms with Crippen molar-refractivity contribution < 1.29 is 18.9 Å². The van der Waals surface area contributed by atoms with Gasteiger partial charge in [0.2, 0.25) is 0 Å². The molecule has 0 aromatic heterocycles. The topological polar surface area (TPSA) is 40.2 Å². The second kappa shape index (κ2) is 13.8. The molecular formula is C33H41NO4. The van der Waals surface area contributed by atoms with Crippen molar-refractivity contribution in [1.29, 1.82) is 0 Å². The molecule has 1 aliphatic carbocycles. The molecule has 1 saturated heterocycles. The van der Waals surface area contributed by atoms with Crippen molar-refractivity contribution in [2.75, 3.05) is 26.8 Å². The maximum atomic E-state index is 6.53. The Morgan fingerprint density at radius 1 is 0.737 bits per heavy atom. The summed E-state index contributed by atoms with van der Waals surface area (Å²) in [6.45, 7) is 4.06. The Hall–Kier alpha value is -2.86. The highest BCUT2D eigenvalue weighted by atomic mass is 16.5. The van der Waals surface area contributed by atoms with Gasteiger partial charge in [0.1, 0.15) is 6.61 Å². The van der Waals surface area contributed by atoms with Crippen molar-refractivity contribution in [2.24, 2.45) is 0 Å². The van der Waals surface area contributed by atoms with Gasteiger partial charge in [0, 0.05) is 19.1 Å². The van der Waals surface area contributed by atoms with E-state index in [1.807, 2.05) is 24.3 Å². The zero-order chi connectivity index (χ0) is 26.0. The van der Waals surface area contributed by atoms with Gasteiger partial charge >= 0.3 is 0 Å². The van der Waals surface area contributed by atoms with E-state index in [4.69, 9.17) is 18.9 Å². The normalized spacial score (nSPS) is 21.9. The third kappa shape index (κ3) is 7.37. The van der Waals surface area contributed by atoms with Gasteiger partial charge in [-0.05, 0) is 54.5 Å². The smallest absolute Gasteiger partial charge is 0.161 e. The van der Waals surface area contributed by atoms with Crippen molar-refractivity contribution in [1.82, 2.24) is 4.90 Å². The van der Waals surface area contributed by atoms with Crippen LogP contribution in [0.15, 0.2) is 78.9 Å². The number of ether oxygens (including phenoxy) is 4. The first-order valence-corrected chi connectivity index (χ1v) is 14.1. The molecule has 3 aromatic carbocycles. The number of methoxy groups -OCH3 is 1. The lowest BCUT2D eigenvalue weighted by Crippen LogP contribution is -2.46. The lowest BCUT2D eigenvalue weighted by atomic mass is 9.91. The molecule has 2 unspecified atom stereocenters. The van der Waals surface area contributed by atoms with E-state index in [0.717, 1.165) is 56.0 Å². The minimum Gasteiger partial charge on any atom is -0.493 e. The van der Waals surface area contributed by atoms with Crippen LogP contribution >= 0.6 is 0 Å². The Morgan fingerprint density at radius 2 is 1.47 bits per heavy atom. The molecule has 5 heteroatoms. The van der Waals surface area contributed by atoms with Crippen LogP contribution < -0.4 is 9.47 Å². The van der Waals surface area contributed by atoms with Crippen LogP contribution in [0, 0.1) is 0 Å². The first kappa shape index (κ1) is 26.7. The third-order valence-corrected chi connectivity index (χ3v) is 7.83. The summed E-state index contributed by atoms with van der Waals surface area (Å²) in [5, 5.41) is 0. The number of rotatable bonds is 12. The van der Waals surface area contributed by atoms with E-state index in [1.165, 1.54) is 30.4 Å². The van der Waals surface area contributed by atoms with E-state index < -0.39 is 0 Å². The van der Waals surface area contributed by atoms with Crippen molar-refractivity contribution in [3.05, 3.63) is 95.6 Å². The minimum atomic E-state index is 0.298. The van der Waals surface area contributed by atoms with Crippen LogP contribution in [0.4, 0.5) is 0 Å². The van der Waals surface area contributed by atoms with Gasteiger partial charge in [-0.3, -0.25) is 4.90 Å². The van der Waals surface area contributed by atoms with Gasteiger partial charge in [0.15, 0.2) is 11.5 Å². The van der Waals surface area contributed by atoms with E-state index in [2.05, 4.69) is 59.5 Å². The summed E-state index contributed by atoms with van der Waals surface area (Å²) in [4.78, 5) is 2.63. The molecule has 5 nitrogen and oxygen atoms in total. The van der Waals surface area contributed by atoms with Crippen molar-refractivity contribution in [2.45, 2.75) is 70.0 Å². The van der Waals surface area contributed by atoms with Crippen LogP contribution in [0.25, 0.3) is 0 Å². The molecular weight excluding hydrogens is 474 g/mol. The highest BCUT2D eigenvalue weighted by Crippen LogP contribution is 2.31. The minimum absolute atomic E-state index is 0.298. The van der Waals surface area contributed by atoms with Gasteiger partial charge in [-0.25, -0.2) is 0 Å². The fourth-order valence-electron chi connectivity index (χ4n) is 5.72. The Morgan fingerprint density at radius 3 is 2.24 bits per heavy atom. The number of nitrogens with zero attached hydrogens (tertiary/aromatic N) is 1. The fourth-order valence-corrected chi connectivity index (χ4v) is 5.72. The Bertz CT molecular complexity index is 1110. The summed E-state index contributed by atoms with van der Waals surface area (Å²) >= 11 is 0. The fraction of sp³-hybridized carbons (Fsp3) is 0.455. The summed E-state index contributed by atoms with van der Waals surface area (Å²) in [5.74, 6) is 1.54. The Labute approximate surface area is 227 Å². The molecule has 0 bridgehead atoms. The molecule has 1 heterocycles. The number of hydrogen-bond acceptors (Lipinski definition) is 5. The van der Waals surface area contributed by atoms with E-state index >= 15 is 0 Å². The lowest BCUT2D eigenvalue weighted by Gasteiger charge is -2.38. The molecule has 202 valence electrons. The van der Waals surface area contributed by atoms with E-state index in [0.29, 0.717) is 31.5 Å². The quantitative estimate of drug-likeness (QED) is 0.278. The summed E-state index contributed by atoms with van der Waals surface area (Å²) in [6, 6.07) is 27.4. The predicted octanol–water partition coefficient (Wildman–Crippen LogP) is 6.44. The number of hydrogen-bond donors (Lipinski definition) is 0. The number of benzene rings is 3. The molecule has 3 atom stereocenters. The van der Waals surface area contributed by atoms with Crippen molar-refractivity contribution in [3.8, 4) is 11.5 Å². The maximum absolute atomic E-state index is 6.53. The average Bonchev–Trinajstić information content (AvgIpc) is 3.45. The summed E-state index contributed by atoms with van der Waals surface area (Å²) in [6.07, 6.45) is 7.49. The van der Waals surface area contributed by atoms with Crippen LogP contribution in [-0.2, 0) is 29.1 Å². The van der Waals surface area contributed by atoms with Gasteiger partial charge in [-0.1, -0.05) is 79.6 Å². The number of likely N-dealkylation sites (tertiary alicyclic amines) is 1. The van der Waals surface area contributed by atoms with E-state index in [1.54, 1.807) is 7.11 Å². The van der Waals surface area contributed by atoms with Crippen molar-refractivity contribution >= 4 is 0 Å². The van der Waals surface area contributed by atoms with Crippen LogP contribution in [0.5, 0.6) is 11.5 Å². The molecule has 0 radical (unpaired) electrons. The SMILES string of the molecule is COc1cc(CCOC2CCCCC2N2CC[C@@H](OCc3ccccc3)C2)ccc1OCc1ccccc1. The molecule has 5 rings (SSSR count). The molecule has 0 spiro atoms. The largest absolute Gasteiger partial charge is 0.493 e. The molecule has 0 amide bonds. The van der Waals surface area contributed by atoms with Crippen LogP contribution in [0.1, 0.15) is 48.8 Å². The second-order valence-electron chi connectivity index (χ2n) is 10.5. The van der Waals surface area contributed by atoms with Crippen molar-refractivity contribution in [3.63, 3.8) is 0 Å². The van der Waals surface area contributed by atoms with Gasteiger partial charge in [-0.2, -0.15) is 0 Å². The monoisotopic (exact) mass is 515 g/mol. The lowest BCUT2D eigenvalue weighted by molar-refractivity contribution is -0.0352. The Kier molecular flexibility index (Phi) is 9.70. The molecule has 2 aliphatic rings. The van der Waals surface area contributed by atoms with Gasteiger partial charge in [-0.15, -0.1) is 0 Å². The third-order valence-electron chi connectivity index (χ3n) is 7.83. The predicted molar refractivity (Wildman–Crippen MR) is 151 cm³/mol. The van der Waals surface area contributed by atoms with E-state index in [-0.39, 0.29) is 0 Å². The first-order valence-electron chi connectivity index (χ1n) is 14.1. The molecule has 3 aromatic rings. The summed E-state index contributed by atoms with van der Waals surface area (Å²) in [7, 11) is 1.70. The maximum Gasteiger partial charge on any atom is 0.161 e. The first-order chi connectivity index (χ1) is 18.8. The van der Waals surface area contributed by atoms with Crippen LogP contribution in [0.2, 0.25) is 0 Å². The average molecular weight is 516 g/mol. The Balaban J connectivity index is 1.09. The van der Waals surface area contributed by atoms with Crippen LogP contribution in [0.3, 0.4) is 0 Å². The van der Waals surface area contributed by atoms with Gasteiger partial charge in [0.25, 0.3) is 0 Å². The molecule has 1 saturated carbocycles. The van der Waals surface area contributed by atoms with Gasteiger partial charge < -0.3 is 18.9 Å². The summed E-state index contributed by atoms with van der Waals surface area (Å²) < 4.78 is 24.4. The second-order valence-corrected chi connectivity index (χ2v) is 10.5. The summed E-state index contributed by atoms with van der Waals surface area (Å²) in [5.41, 5.74) is 3.59. The highest BCUT2D eigenvalue weighted by molar-refractivity contribution is 5.43. The zero-order valence-electron chi connectivity index (χ0n) is 22.6. The van der Waals surface area contributed by atoms with Crippen LogP contribution in [-0.4, -0.2) is 50.0 Å². The standard InChI is InChI=1S/C33H41NO4/c1-35-33-22-26(16-17-32(33)38-25-28-12-6-3-7-13-28)19-21-36-31-15-9-8-14-30(31)34-20-18-29(23-34)37-24-27-10-4-2-5-11-27/h2-7,10-13,16-17,22,29-31H,8-9,14-15,18-21,23-25H2,1H3/t29-,30?,31?/m1/s1.